The van der Waals surface area contributed by atoms with Crippen molar-refractivity contribution in [2.45, 2.75) is 0 Å². The molecule has 2 rings (SSSR count). The van der Waals surface area contributed by atoms with Crippen LogP contribution >= 0.6 is 12.2 Å². The second-order valence-corrected chi connectivity index (χ2v) is 2.89. The van der Waals surface area contributed by atoms with E-state index in [2.05, 4.69) is 9.97 Å². The first-order valence-corrected chi connectivity index (χ1v) is 4.47. The van der Waals surface area contributed by atoms with E-state index in [1.165, 1.54) is 6.07 Å². The lowest BCUT2D eigenvalue weighted by molar-refractivity contribution is 1.24. The van der Waals surface area contributed by atoms with E-state index in [0.29, 0.717) is 0 Å². The van der Waals surface area contributed by atoms with Crippen LogP contribution in [0.1, 0.15) is 0 Å². The third-order valence-corrected chi connectivity index (χ3v) is 1.61. The van der Waals surface area contributed by atoms with Gasteiger partial charge < -0.3 is 9.97 Å². The largest absolute Gasteiger partial charge is 0.353 e. The van der Waals surface area contributed by atoms with E-state index in [-0.39, 0.29) is 5.56 Å². The second kappa shape index (κ2) is 5.88. The number of aromatic amines is 2. The Morgan fingerprint density at radius 1 is 0.929 bits per heavy atom. The molecule has 2 heterocycles. The standard InChI is InChI=1S/C5H5NO.C5H5NS/c2*7-5-3-1-2-4-6-5/h2*1-4H,(H,6,7). The van der Waals surface area contributed by atoms with Gasteiger partial charge in [0.15, 0.2) is 0 Å². The molecule has 0 aliphatic heterocycles. The molecule has 0 spiro atoms. The highest BCUT2D eigenvalue weighted by Gasteiger charge is 1.69. The van der Waals surface area contributed by atoms with Gasteiger partial charge in [-0.25, -0.2) is 0 Å². The zero-order chi connectivity index (χ0) is 10.2. The molecule has 14 heavy (non-hydrogen) atoms. The maximum atomic E-state index is 10.2. The van der Waals surface area contributed by atoms with Gasteiger partial charge in [0.05, 0.1) is 0 Å². The minimum atomic E-state index is -0.0532. The summed E-state index contributed by atoms with van der Waals surface area (Å²) in [7, 11) is 0. The summed E-state index contributed by atoms with van der Waals surface area (Å²) in [5.41, 5.74) is -0.0532. The van der Waals surface area contributed by atoms with Crippen molar-refractivity contribution < 1.29 is 0 Å². The molecule has 72 valence electrons. The van der Waals surface area contributed by atoms with Gasteiger partial charge in [-0.05, 0) is 18.2 Å². The van der Waals surface area contributed by atoms with Gasteiger partial charge in [-0.1, -0.05) is 24.4 Å². The van der Waals surface area contributed by atoms with E-state index in [4.69, 9.17) is 12.2 Å². The Morgan fingerprint density at radius 3 is 1.79 bits per heavy atom. The average Bonchev–Trinajstić information content (AvgIpc) is 2.21. The highest BCUT2D eigenvalue weighted by Crippen LogP contribution is 1.80. The van der Waals surface area contributed by atoms with Crippen molar-refractivity contribution in [3.05, 3.63) is 63.8 Å². The van der Waals surface area contributed by atoms with Crippen molar-refractivity contribution in [1.29, 1.82) is 0 Å². The number of H-pyrrole nitrogens is 2. The van der Waals surface area contributed by atoms with Gasteiger partial charge in [0.2, 0.25) is 5.56 Å². The van der Waals surface area contributed by atoms with E-state index in [1.807, 2.05) is 24.4 Å². The summed E-state index contributed by atoms with van der Waals surface area (Å²) in [4.78, 5) is 15.5. The number of pyridine rings is 2. The zero-order valence-corrected chi connectivity index (χ0v) is 8.25. The molecule has 2 aromatic heterocycles. The summed E-state index contributed by atoms with van der Waals surface area (Å²) < 4.78 is 0.780. The van der Waals surface area contributed by atoms with Crippen LogP contribution in [0.15, 0.2) is 53.6 Å². The number of hydrogen-bond donors (Lipinski definition) is 2. The molecule has 2 aromatic rings. The lowest BCUT2D eigenvalue weighted by atomic mass is 10.5. The molecule has 0 saturated heterocycles. The molecule has 4 heteroatoms. The average molecular weight is 206 g/mol. The molecule has 0 radical (unpaired) electrons. The smallest absolute Gasteiger partial charge is 0.247 e. The minimum absolute atomic E-state index is 0.0532. The fourth-order valence-electron chi connectivity index (χ4n) is 0.754. The van der Waals surface area contributed by atoms with E-state index in [0.717, 1.165) is 4.64 Å². The lowest BCUT2D eigenvalue weighted by Crippen LogP contribution is -1.98. The number of nitrogens with one attached hydrogen (secondary N) is 2. The van der Waals surface area contributed by atoms with Crippen LogP contribution in [-0.4, -0.2) is 9.97 Å². The van der Waals surface area contributed by atoms with Crippen LogP contribution in [-0.2, 0) is 0 Å². The quantitative estimate of drug-likeness (QED) is 0.649. The molecule has 0 aliphatic carbocycles. The monoisotopic (exact) mass is 206 g/mol. The second-order valence-electron chi connectivity index (χ2n) is 2.45. The Morgan fingerprint density at radius 2 is 1.57 bits per heavy atom. The molecule has 0 atom stereocenters. The number of hydrogen-bond acceptors (Lipinski definition) is 2. The summed E-state index contributed by atoms with van der Waals surface area (Å²) in [5, 5.41) is 0. The van der Waals surface area contributed by atoms with Crippen molar-refractivity contribution in [2.24, 2.45) is 0 Å². The Labute approximate surface area is 86.5 Å². The molecule has 0 aromatic carbocycles. The van der Waals surface area contributed by atoms with E-state index in [9.17, 15) is 4.79 Å². The fourth-order valence-corrected chi connectivity index (χ4v) is 0.900. The van der Waals surface area contributed by atoms with Gasteiger partial charge in [-0.3, -0.25) is 4.79 Å². The zero-order valence-electron chi connectivity index (χ0n) is 7.44. The summed E-state index contributed by atoms with van der Waals surface area (Å²) in [6, 6.07) is 10.6. The normalized spacial score (nSPS) is 8.57. The molecule has 0 fully saturated rings. The van der Waals surface area contributed by atoms with Crippen molar-refractivity contribution in [3.8, 4) is 0 Å². The van der Waals surface area contributed by atoms with Crippen LogP contribution in [0.4, 0.5) is 0 Å². The van der Waals surface area contributed by atoms with Crippen molar-refractivity contribution in [1.82, 2.24) is 9.97 Å². The topological polar surface area (TPSA) is 48.6 Å². The predicted molar refractivity (Wildman–Crippen MR) is 58.7 cm³/mol. The number of aromatic nitrogens is 2. The Bertz CT molecular complexity index is 395. The maximum Gasteiger partial charge on any atom is 0.247 e. The van der Waals surface area contributed by atoms with E-state index >= 15 is 0 Å². The van der Waals surface area contributed by atoms with Crippen LogP contribution < -0.4 is 5.56 Å². The fraction of sp³-hybridized carbons (Fsp3) is 0. The van der Waals surface area contributed by atoms with Gasteiger partial charge in [0, 0.05) is 18.5 Å². The highest BCUT2D eigenvalue weighted by atomic mass is 32.1. The van der Waals surface area contributed by atoms with E-state index < -0.39 is 0 Å². The van der Waals surface area contributed by atoms with Crippen LogP contribution in [0.2, 0.25) is 0 Å². The Kier molecular flexibility index (Phi) is 4.37. The first-order chi connectivity index (χ1) is 6.79. The molecule has 3 nitrogen and oxygen atoms in total. The van der Waals surface area contributed by atoms with Crippen molar-refractivity contribution >= 4 is 12.2 Å². The Hall–Kier alpha value is -1.68. The van der Waals surface area contributed by atoms with Crippen LogP contribution in [0.25, 0.3) is 0 Å². The third-order valence-electron chi connectivity index (χ3n) is 1.36. The lowest BCUT2D eigenvalue weighted by Gasteiger charge is -1.76. The van der Waals surface area contributed by atoms with Gasteiger partial charge >= 0.3 is 0 Å². The first kappa shape index (κ1) is 10.4. The molecule has 0 aliphatic rings. The van der Waals surface area contributed by atoms with Gasteiger partial charge in [0.1, 0.15) is 4.64 Å². The SMILES string of the molecule is O=c1cccc[nH]1.S=c1cccc[nH]1. The number of rotatable bonds is 0. The maximum absolute atomic E-state index is 10.2. The van der Waals surface area contributed by atoms with Crippen molar-refractivity contribution in [2.75, 3.05) is 0 Å². The van der Waals surface area contributed by atoms with Crippen LogP contribution in [0.3, 0.4) is 0 Å². The van der Waals surface area contributed by atoms with Crippen LogP contribution in [0, 0.1) is 4.64 Å². The summed E-state index contributed by atoms with van der Waals surface area (Å²) in [6.07, 6.45) is 3.41. The van der Waals surface area contributed by atoms with Gasteiger partial charge in [-0.15, -0.1) is 0 Å². The molecular weight excluding hydrogens is 196 g/mol. The Balaban J connectivity index is 0.000000140. The third kappa shape index (κ3) is 4.37. The van der Waals surface area contributed by atoms with Crippen LogP contribution in [0.5, 0.6) is 0 Å². The van der Waals surface area contributed by atoms with E-state index in [1.54, 1.807) is 18.3 Å². The first-order valence-electron chi connectivity index (χ1n) is 4.06. The molecule has 0 saturated carbocycles. The summed E-state index contributed by atoms with van der Waals surface area (Å²) >= 11 is 4.76. The van der Waals surface area contributed by atoms with Crippen molar-refractivity contribution in [3.63, 3.8) is 0 Å². The summed E-state index contributed by atoms with van der Waals surface area (Å²) in [6.45, 7) is 0. The van der Waals surface area contributed by atoms with Gasteiger partial charge in [-0.2, -0.15) is 0 Å². The van der Waals surface area contributed by atoms with Gasteiger partial charge in [0.25, 0.3) is 0 Å². The molecule has 2 N–H and O–H groups in total. The minimum Gasteiger partial charge on any atom is -0.353 e. The highest BCUT2D eigenvalue weighted by molar-refractivity contribution is 7.71. The molecule has 0 amide bonds. The summed E-state index contributed by atoms with van der Waals surface area (Å²) in [5.74, 6) is 0. The molecule has 0 unspecified atom stereocenters. The molecule has 0 bridgehead atoms. The predicted octanol–water partition coefficient (Wildman–Crippen LogP) is 2.12. The molecular formula is C10H10N2OS.